The van der Waals surface area contributed by atoms with E-state index in [1.165, 1.54) is 40.8 Å². The van der Waals surface area contributed by atoms with Crippen molar-refractivity contribution in [3.63, 3.8) is 0 Å². The minimum absolute atomic E-state index is 0.0494. The molecule has 7 heteroatoms. The molecule has 7 nitrogen and oxygen atoms in total. The summed E-state index contributed by atoms with van der Waals surface area (Å²) in [7, 11) is 0. The Bertz CT molecular complexity index is 1700. The number of aromatic nitrogens is 2. The molecule has 2 N–H and O–H groups in total. The molecule has 2 saturated heterocycles. The molecule has 0 aliphatic carbocycles. The maximum Gasteiger partial charge on any atom is 0.245 e. The van der Waals surface area contributed by atoms with Gasteiger partial charge in [-0.1, -0.05) is 92.7 Å². The van der Waals surface area contributed by atoms with Crippen LogP contribution in [-0.2, 0) is 4.79 Å². The lowest BCUT2D eigenvalue weighted by Gasteiger charge is -2.34. The molecule has 4 heterocycles. The molecule has 0 bridgehead atoms. The summed E-state index contributed by atoms with van der Waals surface area (Å²) in [6, 6.07) is 27.8. The predicted octanol–water partition coefficient (Wildman–Crippen LogP) is 7.43. The molecule has 0 saturated carbocycles. The number of amides is 1. The van der Waals surface area contributed by atoms with E-state index in [2.05, 4.69) is 89.7 Å². The molecule has 2 fully saturated rings. The van der Waals surface area contributed by atoms with Crippen LogP contribution >= 0.6 is 0 Å². The number of nitrogens with zero attached hydrogens (tertiary/aromatic N) is 4. The van der Waals surface area contributed by atoms with E-state index < -0.39 is 0 Å². The van der Waals surface area contributed by atoms with Gasteiger partial charge < -0.3 is 15.2 Å². The van der Waals surface area contributed by atoms with Crippen molar-refractivity contribution in [1.29, 1.82) is 0 Å². The second-order valence-corrected chi connectivity index (χ2v) is 12.7. The number of allylic oxidation sites excluding steroid dienone is 1. The number of H-pyrrole nitrogens is 1. The zero-order valence-electron chi connectivity index (χ0n) is 27.0. The fourth-order valence-electron chi connectivity index (χ4n) is 7.38. The number of carbonyl (C=O) groups is 1. The summed E-state index contributed by atoms with van der Waals surface area (Å²) in [5.74, 6) is 1.03. The van der Waals surface area contributed by atoms with Crippen LogP contribution in [0.15, 0.2) is 96.3 Å². The molecule has 7 rings (SSSR count). The average molecular weight is 613 g/mol. The fraction of sp³-hybridized carbons (Fsp3) is 0.359. The molecule has 0 radical (unpaired) electrons. The van der Waals surface area contributed by atoms with Crippen LogP contribution in [0.5, 0.6) is 0 Å². The number of rotatable bonds is 10. The highest BCUT2D eigenvalue weighted by molar-refractivity contribution is 6.01. The number of imidazole rings is 1. The molecular formula is C39H44N6O. The van der Waals surface area contributed by atoms with Crippen LogP contribution in [-0.4, -0.2) is 63.6 Å². The fourth-order valence-corrected chi connectivity index (χ4v) is 7.38. The van der Waals surface area contributed by atoms with Crippen LogP contribution in [0.3, 0.4) is 0 Å². The van der Waals surface area contributed by atoms with E-state index in [1.54, 1.807) is 0 Å². The second-order valence-electron chi connectivity index (χ2n) is 12.7. The summed E-state index contributed by atoms with van der Waals surface area (Å²) in [5.41, 5.74) is 9.30. The molecular weight excluding hydrogens is 568 g/mol. The quantitative estimate of drug-likeness (QED) is 0.195. The van der Waals surface area contributed by atoms with Gasteiger partial charge in [-0.05, 0) is 78.7 Å². The third-order valence-corrected chi connectivity index (χ3v) is 9.98. The molecule has 1 amide bonds. The van der Waals surface area contributed by atoms with Crippen LogP contribution in [0.4, 0.5) is 0 Å². The van der Waals surface area contributed by atoms with Gasteiger partial charge in [-0.3, -0.25) is 14.7 Å². The van der Waals surface area contributed by atoms with Crippen molar-refractivity contribution in [3.05, 3.63) is 108 Å². The maximum atomic E-state index is 14.1. The molecule has 0 spiro atoms. The Balaban J connectivity index is 1.03. The van der Waals surface area contributed by atoms with Gasteiger partial charge in [0.1, 0.15) is 11.9 Å². The van der Waals surface area contributed by atoms with Crippen LogP contribution in [0.1, 0.15) is 75.0 Å². The van der Waals surface area contributed by atoms with E-state index >= 15 is 0 Å². The van der Waals surface area contributed by atoms with Crippen LogP contribution in [0.2, 0.25) is 0 Å². The summed E-state index contributed by atoms with van der Waals surface area (Å²) in [6.07, 6.45) is 9.21. The lowest BCUT2D eigenvalue weighted by molar-refractivity contribution is -0.138. The number of hydrogen-bond donors (Lipinski definition) is 2. The molecule has 3 aliphatic heterocycles. The smallest absolute Gasteiger partial charge is 0.245 e. The normalized spacial score (nSPS) is 20.3. The van der Waals surface area contributed by atoms with Crippen molar-refractivity contribution in [2.75, 3.05) is 26.2 Å². The van der Waals surface area contributed by atoms with E-state index in [0.29, 0.717) is 6.04 Å². The zero-order valence-corrected chi connectivity index (χ0v) is 27.0. The Morgan fingerprint density at radius 1 is 0.891 bits per heavy atom. The first kappa shape index (κ1) is 30.3. The summed E-state index contributed by atoms with van der Waals surface area (Å²) in [6.45, 7) is 7.73. The van der Waals surface area contributed by atoms with Crippen LogP contribution in [0, 0.1) is 0 Å². The standard InChI is InChI=1S/C39H44N6O/c1-3-44(4-2)37(31-10-6-5-7-11-31)39(46)45-23-9-13-36(45)38-42-26-35(43-38)30-20-18-28(19-21-30)27-14-16-29(17-15-27)32-24-34(41-25-32)33-12-8-22-40-33/h5-7,10-11,14-21,25-26,33,36-37,40H,3-4,8-9,12-13,22-24H2,1-2H3,(H,42,43)/t33-,36?,37+/m0/s1. The highest BCUT2D eigenvalue weighted by Crippen LogP contribution is 2.36. The van der Waals surface area contributed by atoms with Gasteiger partial charge in [-0.15, -0.1) is 0 Å². The topological polar surface area (TPSA) is 76.6 Å². The van der Waals surface area contributed by atoms with E-state index in [0.717, 1.165) is 68.1 Å². The minimum atomic E-state index is -0.289. The Morgan fingerprint density at radius 2 is 1.59 bits per heavy atom. The number of aliphatic imine (C=N–C) groups is 1. The summed E-state index contributed by atoms with van der Waals surface area (Å²) in [4.78, 5) is 31.5. The van der Waals surface area contributed by atoms with Gasteiger partial charge in [0, 0.05) is 30.9 Å². The number of benzene rings is 3. The molecule has 3 atom stereocenters. The molecule has 4 aromatic rings. The third-order valence-electron chi connectivity index (χ3n) is 9.98. The van der Waals surface area contributed by atoms with E-state index in [-0.39, 0.29) is 18.0 Å². The molecule has 1 unspecified atom stereocenters. The van der Waals surface area contributed by atoms with Gasteiger partial charge in [-0.2, -0.15) is 0 Å². The van der Waals surface area contributed by atoms with Gasteiger partial charge in [0.25, 0.3) is 0 Å². The third kappa shape index (κ3) is 6.09. The van der Waals surface area contributed by atoms with Crippen molar-refractivity contribution < 1.29 is 4.79 Å². The number of likely N-dealkylation sites (N-methyl/N-ethyl adjacent to an activating group) is 1. The summed E-state index contributed by atoms with van der Waals surface area (Å²) >= 11 is 0. The van der Waals surface area contributed by atoms with Crippen molar-refractivity contribution in [2.45, 2.75) is 64.1 Å². The lowest BCUT2D eigenvalue weighted by atomic mass is 9.96. The highest BCUT2D eigenvalue weighted by Gasteiger charge is 2.38. The Hall–Kier alpha value is -4.33. The van der Waals surface area contributed by atoms with Crippen molar-refractivity contribution >= 4 is 17.2 Å². The van der Waals surface area contributed by atoms with E-state index in [1.807, 2.05) is 35.5 Å². The van der Waals surface area contributed by atoms with E-state index in [4.69, 9.17) is 9.98 Å². The Morgan fingerprint density at radius 3 is 2.26 bits per heavy atom. The molecule has 1 aromatic heterocycles. The van der Waals surface area contributed by atoms with E-state index in [9.17, 15) is 4.79 Å². The van der Waals surface area contributed by atoms with Gasteiger partial charge in [0.05, 0.1) is 17.9 Å². The maximum absolute atomic E-state index is 14.1. The zero-order chi connectivity index (χ0) is 31.5. The van der Waals surface area contributed by atoms with Gasteiger partial charge >= 0.3 is 0 Å². The average Bonchev–Trinajstić information content (AvgIpc) is 3.94. The second kappa shape index (κ2) is 13.6. The van der Waals surface area contributed by atoms with Gasteiger partial charge in [-0.25, -0.2) is 4.98 Å². The SMILES string of the molecule is CCN(CC)[C@@H](C(=O)N1CCCC1c1ncc(-c2ccc(-c3ccc(C4=CN=C([C@@H]5CCCN5)C4)cc3)cc2)[nH]1)c1ccccc1. The molecule has 3 aliphatic rings. The number of hydrogen-bond acceptors (Lipinski definition) is 5. The van der Waals surface area contributed by atoms with Crippen LogP contribution < -0.4 is 5.32 Å². The lowest BCUT2D eigenvalue weighted by Crippen LogP contribution is -2.43. The monoisotopic (exact) mass is 612 g/mol. The first-order valence-electron chi connectivity index (χ1n) is 17.0. The predicted molar refractivity (Wildman–Crippen MR) is 186 cm³/mol. The number of aromatic amines is 1. The Labute approximate surface area is 272 Å². The molecule has 46 heavy (non-hydrogen) atoms. The van der Waals surface area contributed by atoms with Crippen molar-refractivity contribution in [1.82, 2.24) is 25.1 Å². The summed E-state index contributed by atoms with van der Waals surface area (Å²) < 4.78 is 0. The van der Waals surface area contributed by atoms with Crippen molar-refractivity contribution in [3.8, 4) is 22.4 Å². The number of carbonyl (C=O) groups excluding carboxylic acids is 1. The van der Waals surface area contributed by atoms with Crippen molar-refractivity contribution in [2.24, 2.45) is 4.99 Å². The Kier molecular flexibility index (Phi) is 8.95. The number of nitrogens with one attached hydrogen (secondary N) is 2. The molecule has 3 aromatic carbocycles. The number of likely N-dealkylation sites (tertiary alicyclic amines) is 1. The van der Waals surface area contributed by atoms with Gasteiger partial charge in [0.15, 0.2) is 0 Å². The van der Waals surface area contributed by atoms with Gasteiger partial charge in [0.2, 0.25) is 5.91 Å². The first-order valence-corrected chi connectivity index (χ1v) is 17.0. The van der Waals surface area contributed by atoms with Crippen LogP contribution in [0.25, 0.3) is 28.0 Å². The first-order chi connectivity index (χ1) is 22.6. The minimum Gasteiger partial charge on any atom is -0.340 e. The molecule has 236 valence electrons. The highest BCUT2D eigenvalue weighted by atomic mass is 16.2. The summed E-state index contributed by atoms with van der Waals surface area (Å²) in [5, 5.41) is 3.57. The largest absolute Gasteiger partial charge is 0.340 e.